The van der Waals surface area contributed by atoms with Gasteiger partial charge in [-0.2, -0.15) is 13.2 Å². The van der Waals surface area contributed by atoms with Crippen molar-refractivity contribution in [1.82, 2.24) is 16.0 Å². The zero-order valence-corrected chi connectivity index (χ0v) is 17.2. The number of carbonyl (C=O) groups excluding carboxylic acids is 2. The molecule has 5 nitrogen and oxygen atoms in total. The van der Waals surface area contributed by atoms with Crippen LogP contribution in [0.1, 0.15) is 62.4 Å². The molecule has 0 unspecified atom stereocenters. The second-order valence-corrected chi connectivity index (χ2v) is 8.69. The molecule has 29 heavy (non-hydrogen) atoms. The highest BCUT2D eigenvalue weighted by molar-refractivity contribution is 5.94. The topological polar surface area (TPSA) is 70.2 Å². The van der Waals surface area contributed by atoms with E-state index in [1.807, 2.05) is 20.8 Å². The summed E-state index contributed by atoms with van der Waals surface area (Å²) >= 11 is 0. The van der Waals surface area contributed by atoms with Crippen molar-refractivity contribution in [3.05, 3.63) is 35.4 Å². The van der Waals surface area contributed by atoms with E-state index in [4.69, 9.17) is 0 Å². The van der Waals surface area contributed by atoms with Crippen LogP contribution in [0, 0.1) is 5.92 Å². The summed E-state index contributed by atoms with van der Waals surface area (Å²) in [6, 6.07) is 4.71. The standard InChI is InChI=1S/C21H30F3N3O2/c1-20(2,3)27-18(28)13-25-17-9-7-14(8-10-17)12-26-19(29)15-5-4-6-16(11-15)21(22,23)24/h4-6,11,14,17,25H,7-10,12-13H2,1-3H3,(H,26,29)(H,27,28)/t14-,17-. The van der Waals surface area contributed by atoms with E-state index in [0.717, 1.165) is 37.8 Å². The lowest BCUT2D eigenvalue weighted by atomic mass is 9.86. The van der Waals surface area contributed by atoms with Crippen molar-refractivity contribution in [1.29, 1.82) is 0 Å². The largest absolute Gasteiger partial charge is 0.416 e. The van der Waals surface area contributed by atoms with Gasteiger partial charge in [-0.3, -0.25) is 9.59 Å². The third kappa shape index (κ3) is 8.04. The molecule has 1 aromatic carbocycles. The van der Waals surface area contributed by atoms with Crippen molar-refractivity contribution < 1.29 is 22.8 Å². The van der Waals surface area contributed by atoms with Gasteiger partial charge in [-0.1, -0.05) is 6.07 Å². The summed E-state index contributed by atoms with van der Waals surface area (Å²) in [7, 11) is 0. The highest BCUT2D eigenvalue weighted by atomic mass is 19.4. The Morgan fingerprint density at radius 1 is 1.07 bits per heavy atom. The number of halogens is 3. The summed E-state index contributed by atoms with van der Waals surface area (Å²) in [5.74, 6) is -0.241. The number of alkyl halides is 3. The lowest BCUT2D eigenvalue weighted by molar-refractivity contribution is -0.137. The van der Waals surface area contributed by atoms with Gasteiger partial charge in [0.2, 0.25) is 5.91 Å². The van der Waals surface area contributed by atoms with Gasteiger partial charge in [0.1, 0.15) is 0 Å². The molecule has 0 atom stereocenters. The molecule has 0 heterocycles. The van der Waals surface area contributed by atoms with Crippen LogP contribution >= 0.6 is 0 Å². The maximum Gasteiger partial charge on any atom is 0.416 e. The second-order valence-electron chi connectivity index (χ2n) is 8.69. The smallest absolute Gasteiger partial charge is 0.352 e. The maximum absolute atomic E-state index is 12.8. The number of benzene rings is 1. The van der Waals surface area contributed by atoms with Gasteiger partial charge in [0.05, 0.1) is 12.1 Å². The van der Waals surface area contributed by atoms with Crippen LogP contribution < -0.4 is 16.0 Å². The summed E-state index contributed by atoms with van der Waals surface area (Å²) < 4.78 is 38.3. The third-order valence-corrected chi connectivity index (χ3v) is 4.92. The number of carbonyl (C=O) groups is 2. The maximum atomic E-state index is 12.8. The molecule has 0 spiro atoms. The molecule has 0 radical (unpaired) electrons. The summed E-state index contributed by atoms with van der Waals surface area (Å²) in [5.41, 5.74) is -1.07. The van der Waals surface area contributed by atoms with E-state index < -0.39 is 17.6 Å². The third-order valence-electron chi connectivity index (χ3n) is 4.92. The van der Waals surface area contributed by atoms with E-state index in [1.165, 1.54) is 12.1 Å². The molecule has 1 aliphatic rings. The second kappa shape index (κ2) is 9.61. The van der Waals surface area contributed by atoms with Crippen LogP contribution in [0.2, 0.25) is 0 Å². The van der Waals surface area contributed by atoms with Crippen molar-refractivity contribution in [2.24, 2.45) is 5.92 Å². The van der Waals surface area contributed by atoms with E-state index in [0.29, 0.717) is 6.54 Å². The van der Waals surface area contributed by atoms with Crippen molar-refractivity contribution in [2.75, 3.05) is 13.1 Å². The van der Waals surface area contributed by atoms with Gasteiger partial charge in [-0.15, -0.1) is 0 Å². The van der Waals surface area contributed by atoms with Gasteiger partial charge >= 0.3 is 6.18 Å². The van der Waals surface area contributed by atoms with E-state index in [2.05, 4.69) is 16.0 Å². The SMILES string of the molecule is CC(C)(C)NC(=O)CN[C@H]1CC[C@H](CNC(=O)c2cccc(C(F)(F)F)c2)CC1. The molecule has 1 fully saturated rings. The van der Waals surface area contributed by atoms with Crippen molar-refractivity contribution in [3.63, 3.8) is 0 Å². The molecular weight excluding hydrogens is 383 g/mol. The molecule has 1 saturated carbocycles. The Hall–Kier alpha value is -2.09. The minimum Gasteiger partial charge on any atom is -0.352 e. The normalized spacial score (nSPS) is 20.2. The van der Waals surface area contributed by atoms with E-state index in [-0.39, 0.29) is 35.5 Å². The van der Waals surface area contributed by atoms with Crippen molar-refractivity contribution >= 4 is 11.8 Å². The van der Waals surface area contributed by atoms with Crippen LogP contribution in [0.5, 0.6) is 0 Å². The Labute approximate surface area is 169 Å². The Bertz CT molecular complexity index is 706. The quantitative estimate of drug-likeness (QED) is 0.669. The summed E-state index contributed by atoms with van der Waals surface area (Å²) in [6.45, 7) is 6.52. The molecule has 2 rings (SSSR count). The predicted molar refractivity (Wildman–Crippen MR) is 105 cm³/mol. The van der Waals surface area contributed by atoms with Crippen LogP contribution in [0.3, 0.4) is 0 Å². The van der Waals surface area contributed by atoms with Gasteiger partial charge in [0.25, 0.3) is 5.91 Å². The molecule has 0 saturated heterocycles. The first-order valence-electron chi connectivity index (χ1n) is 9.94. The molecule has 2 amide bonds. The summed E-state index contributed by atoms with van der Waals surface area (Å²) in [4.78, 5) is 24.1. The monoisotopic (exact) mass is 413 g/mol. The molecule has 0 aromatic heterocycles. The lowest BCUT2D eigenvalue weighted by Gasteiger charge is -2.29. The molecule has 1 aromatic rings. The van der Waals surface area contributed by atoms with Crippen LogP contribution in [0.4, 0.5) is 13.2 Å². The summed E-state index contributed by atoms with van der Waals surface area (Å²) in [6.07, 6.45) is -0.895. The fourth-order valence-corrected chi connectivity index (χ4v) is 3.45. The van der Waals surface area contributed by atoms with Crippen LogP contribution in [-0.2, 0) is 11.0 Å². The number of rotatable bonds is 6. The number of amides is 2. The van der Waals surface area contributed by atoms with Crippen LogP contribution in [-0.4, -0.2) is 36.5 Å². The van der Waals surface area contributed by atoms with E-state index in [1.54, 1.807) is 0 Å². The first kappa shape index (κ1) is 23.2. The number of nitrogens with one attached hydrogen (secondary N) is 3. The average molecular weight is 413 g/mol. The molecule has 8 heteroatoms. The predicted octanol–water partition coefficient (Wildman–Crippen LogP) is 3.50. The average Bonchev–Trinajstić information content (AvgIpc) is 2.63. The fourth-order valence-electron chi connectivity index (χ4n) is 3.45. The Morgan fingerprint density at radius 2 is 1.72 bits per heavy atom. The van der Waals surface area contributed by atoms with Gasteiger partial charge in [0.15, 0.2) is 0 Å². The van der Waals surface area contributed by atoms with Gasteiger partial charge in [-0.05, 0) is 70.6 Å². The molecule has 0 aliphatic heterocycles. The minimum absolute atomic E-state index is 0.0139. The van der Waals surface area contributed by atoms with Gasteiger partial charge in [0, 0.05) is 23.7 Å². The van der Waals surface area contributed by atoms with Crippen LogP contribution in [0.25, 0.3) is 0 Å². The summed E-state index contributed by atoms with van der Waals surface area (Å²) in [5, 5.41) is 8.93. The first-order valence-corrected chi connectivity index (χ1v) is 9.94. The lowest BCUT2D eigenvalue weighted by Crippen LogP contribution is -2.47. The molecule has 3 N–H and O–H groups in total. The van der Waals surface area contributed by atoms with Gasteiger partial charge < -0.3 is 16.0 Å². The molecule has 162 valence electrons. The molecular formula is C21H30F3N3O2. The van der Waals surface area contributed by atoms with E-state index in [9.17, 15) is 22.8 Å². The molecule has 1 aliphatic carbocycles. The number of hydrogen-bond acceptors (Lipinski definition) is 3. The van der Waals surface area contributed by atoms with Gasteiger partial charge in [-0.25, -0.2) is 0 Å². The minimum atomic E-state index is -4.47. The highest BCUT2D eigenvalue weighted by Crippen LogP contribution is 2.29. The number of hydrogen-bond donors (Lipinski definition) is 3. The first-order chi connectivity index (χ1) is 13.4. The zero-order valence-electron chi connectivity index (χ0n) is 17.2. The Morgan fingerprint density at radius 3 is 2.31 bits per heavy atom. The van der Waals surface area contributed by atoms with Crippen molar-refractivity contribution in [3.8, 4) is 0 Å². The highest BCUT2D eigenvalue weighted by Gasteiger charge is 2.31. The van der Waals surface area contributed by atoms with Crippen LogP contribution in [0.15, 0.2) is 24.3 Å². The fraction of sp³-hybridized carbons (Fsp3) is 0.619. The van der Waals surface area contributed by atoms with Crippen molar-refractivity contribution in [2.45, 2.75) is 64.2 Å². The molecule has 0 bridgehead atoms. The Kier molecular flexibility index (Phi) is 7.68. The Balaban J connectivity index is 1.72. The van der Waals surface area contributed by atoms with E-state index >= 15 is 0 Å². The zero-order chi connectivity index (χ0) is 21.7.